The Morgan fingerprint density at radius 1 is 0.821 bits per heavy atom. The average molecular weight is 389 g/mol. The van der Waals surface area contributed by atoms with Crippen molar-refractivity contribution in [3.05, 3.63) is 108 Å². The number of thiocarbonyl (C=S) groups is 1. The van der Waals surface area contributed by atoms with Crippen molar-refractivity contribution in [2.45, 2.75) is 18.6 Å². The van der Waals surface area contributed by atoms with Gasteiger partial charge in [0.1, 0.15) is 6.61 Å². The van der Waals surface area contributed by atoms with E-state index in [4.69, 9.17) is 21.8 Å². The second kappa shape index (κ2) is 7.92. The molecule has 3 aromatic carbocycles. The molecule has 4 rings (SSSR count). The summed E-state index contributed by atoms with van der Waals surface area (Å²) in [5.74, 6) is -0.316. The van der Waals surface area contributed by atoms with Crippen LogP contribution in [0.1, 0.15) is 16.7 Å². The summed E-state index contributed by atoms with van der Waals surface area (Å²) < 4.78 is 6.04. The summed E-state index contributed by atoms with van der Waals surface area (Å²) in [6, 6.07) is 28.8. The minimum atomic E-state index is -1.24. The molecule has 1 amide bonds. The smallest absolute Gasteiger partial charge is 0.303 e. The topological polar surface area (TPSA) is 38.8 Å². The van der Waals surface area contributed by atoms with Crippen molar-refractivity contribution >= 4 is 23.3 Å². The average Bonchev–Trinajstić information content (AvgIpc) is 2.99. The Morgan fingerprint density at radius 3 is 1.96 bits per heavy atom. The van der Waals surface area contributed by atoms with Crippen molar-refractivity contribution in [3.63, 3.8) is 0 Å². The van der Waals surface area contributed by atoms with Crippen LogP contribution in [0.2, 0.25) is 0 Å². The quantitative estimate of drug-likeness (QED) is 0.586. The monoisotopic (exact) mass is 389 g/mol. The van der Waals surface area contributed by atoms with Crippen molar-refractivity contribution in [3.8, 4) is 0 Å². The number of amides is 1. The molecular weight excluding hydrogens is 370 g/mol. The molecule has 1 aliphatic heterocycles. The Hall–Kier alpha value is -3.02. The van der Waals surface area contributed by atoms with Gasteiger partial charge in [0.25, 0.3) is 5.17 Å². The van der Waals surface area contributed by atoms with E-state index in [-0.39, 0.29) is 17.7 Å². The summed E-state index contributed by atoms with van der Waals surface area (Å²) in [5.41, 5.74) is 1.43. The molecule has 1 fully saturated rings. The molecule has 1 heterocycles. The molecule has 140 valence electrons. The number of hydrogen-bond donors (Lipinski definition) is 0. The van der Waals surface area contributed by atoms with Crippen LogP contribution in [-0.4, -0.2) is 16.1 Å². The first-order chi connectivity index (χ1) is 13.7. The minimum Gasteiger partial charge on any atom is -0.447 e. The number of benzene rings is 3. The van der Waals surface area contributed by atoms with Crippen molar-refractivity contribution < 1.29 is 14.4 Å². The highest BCUT2D eigenvalue weighted by Gasteiger charge is 2.54. The molecule has 1 unspecified atom stereocenters. The van der Waals surface area contributed by atoms with E-state index < -0.39 is 5.60 Å². The van der Waals surface area contributed by atoms with Gasteiger partial charge < -0.3 is 4.74 Å². The summed E-state index contributed by atoms with van der Waals surface area (Å²) >= 11 is 5.36. The SMILES string of the molecule is O=C1N(OCc2ccccc2)C(=S)OC1(Cc1ccccc1)c1ccccc1. The molecule has 5 heteroatoms. The molecular formula is C23H19NO3S. The second-order valence-electron chi connectivity index (χ2n) is 6.58. The van der Waals surface area contributed by atoms with Gasteiger partial charge in [-0.1, -0.05) is 91.0 Å². The first-order valence-electron chi connectivity index (χ1n) is 9.03. The fourth-order valence-corrected chi connectivity index (χ4v) is 3.57. The fraction of sp³-hybridized carbons (Fsp3) is 0.130. The van der Waals surface area contributed by atoms with E-state index in [0.29, 0.717) is 6.42 Å². The van der Waals surface area contributed by atoms with E-state index in [1.165, 1.54) is 0 Å². The molecule has 1 aliphatic rings. The lowest BCUT2D eigenvalue weighted by atomic mass is 9.86. The Morgan fingerprint density at radius 2 is 1.36 bits per heavy atom. The first-order valence-corrected chi connectivity index (χ1v) is 9.44. The Balaban J connectivity index is 1.64. The van der Waals surface area contributed by atoms with Crippen LogP contribution < -0.4 is 0 Å². The largest absolute Gasteiger partial charge is 0.447 e. The second-order valence-corrected chi connectivity index (χ2v) is 6.93. The number of rotatable bonds is 6. The third-order valence-corrected chi connectivity index (χ3v) is 4.95. The Kier molecular flexibility index (Phi) is 5.19. The fourth-order valence-electron chi connectivity index (χ4n) is 3.29. The van der Waals surface area contributed by atoms with Gasteiger partial charge in [0.15, 0.2) is 0 Å². The van der Waals surface area contributed by atoms with E-state index in [1.807, 2.05) is 91.0 Å². The van der Waals surface area contributed by atoms with Gasteiger partial charge in [0, 0.05) is 12.0 Å². The lowest BCUT2D eigenvalue weighted by Crippen LogP contribution is -2.40. The van der Waals surface area contributed by atoms with Crippen LogP contribution in [0.5, 0.6) is 0 Å². The molecule has 4 nitrogen and oxygen atoms in total. The van der Waals surface area contributed by atoms with Gasteiger partial charge in [0.2, 0.25) is 5.60 Å². The van der Waals surface area contributed by atoms with Crippen LogP contribution >= 0.6 is 12.2 Å². The third-order valence-electron chi connectivity index (χ3n) is 4.70. The maximum Gasteiger partial charge on any atom is 0.303 e. The van der Waals surface area contributed by atoms with Crippen molar-refractivity contribution in [1.82, 2.24) is 5.06 Å². The van der Waals surface area contributed by atoms with Gasteiger partial charge in [-0.2, -0.15) is 0 Å². The summed E-state index contributed by atoms with van der Waals surface area (Å²) in [7, 11) is 0. The zero-order chi connectivity index (χ0) is 19.4. The molecule has 0 spiro atoms. The summed E-state index contributed by atoms with van der Waals surface area (Å²) in [6.07, 6.45) is 0.363. The van der Waals surface area contributed by atoms with E-state index >= 15 is 0 Å². The van der Waals surface area contributed by atoms with Crippen LogP contribution in [0.3, 0.4) is 0 Å². The zero-order valence-electron chi connectivity index (χ0n) is 15.2. The van der Waals surface area contributed by atoms with E-state index in [1.54, 1.807) is 0 Å². The minimum absolute atomic E-state index is 0.0284. The summed E-state index contributed by atoms with van der Waals surface area (Å²) in [5, 5.41) is 1.14. The third kappa shape index (κ3) is 3.54. The molecule has 1 saturated heterocycles. The van der Waals surface area contributed by atoms with Gasteiger partial charge in [-0.15, -0.1) is 5.06 Å². The van der Waals surface area contributed by atoms with Crippen molar-refractivity contribution in [2.75, 3.05) is 0 Å². The highest BCUT2D eigenvalue weighted by molar-refractivity contribution is 7.80. The van der Waals surface area contributed by atoms with Crippen LogP contribution in [0.15, 0.2) is 91.0 Å². The predicted molar refractivity (Wildman–Crippen MR) is 110 cm³/mol. The standard InChI is InChI=1S/C23H19NO3S/c25-21-23(20-14-8-3-9-15-20,16-18-10-4-1-5-11-18)27-22(28)24(21)26-17-19-12-6-2-7-13-19/h1-15H,16-17H2. The molecule has 0 radical (unpaired) electrons. The Bertz CT molecular complexity index is 963. The van der Waals surface area contributed by atoms with Gasteiger partial charge >= 0.3 is 5.91 Å². The predicted octanol–water partition coefficient (Wildman–Crippen LogP) is 4.40. The Labute approximate surface area is 169 Å². The lowest BCUT2D eigenvalue weighted by Gasteiger charge is -2.26. The van der Waals surface area contributed by atoms with Crippen LogP contribution in [0.4, 0.5) is 0 Å². The summed E-state index contributed by atoms with van der Waals surface area (Å²) in [6.45, 7) is 0.228. The molecule has 0 bridgehead atoms. The molecule has 1 atom stereocenters. The van der Waals surface area contributed by atoms with E-state index in [0.717, 1.165) is 21.8 Å². The molecule has 0 aromatic heterocycles. The number of hydrogen-bond acceptors (Lipinski definition) is 4. The first kappa shape index (κ1) is 18.3. The van der Waals surface area contributed by atoms with Crippen LogP contribution in [-0.2, 0) is 33.0 Å². The molecule has 0 aliphatic carbocycles. The van der Waals surface area contributed by atoms with E-state index in [2.05, 4.69) is 0 Å². The summed E-state index contributed by atoms with van der Waals surface area (Å²) in [4.78, 5) is 19.2. The molecule has 0 N–H and O–H groups in total. The number of ether oxygens (including phenoxy) is 1. The van der Waals surface area contributed by atoms with Crippen molar-refractivity contribution in [2.24, 2.45) is 0 Å². The number of carbonyl (C=O) groups excluding carboxylic acids is 1. The zero-order valence-corrected chi connectivity index (χ0v) is 16.0. The maximum atomic E-state index is 13.5. The van der Waals surface area contributed by atoms with Crippen molar-refractivity contribution in [1.29, 1.82) is 0 Å². The van der Waals surface area contributed by atoms with Crippen LogP contribution in [0.25, 0.3) is 0 Å². The van der Waals surface area contributed by atoms with Gasteiger partial charge in [-0.25, -0.2) is 0 Å². The number of nitrogens with zero attached hydrogens (tertiary/aromatic N) is 1. The van der Waals surface area contributed by atoms with Crippen LogP contribution in [0, 0.1) is 0 Å². The maximum absolute atomic E-state index is 13.5. The highest BCUT2D eigenvalue weighted by Crippen LogP contribution is 2.38. The van der Waals surface area contributed by atoms with Gasteiger partial charge in [-0.3, -0.25) is 9.63 Å². The highest BCUT2D eigenvalue weighted by atomic mass is 32.1. The number of carbonyl (C=O) groups is 1. The number of hydroxylamine groups is 2. The van der Waals surface area contributed by atoms with E-state index in [9.17, 15) is 4.79 Å². The molecule has 28 heavy (non-hydrogen) atoms. The lowest BCUT2D eigenvalue weighted by molar-refractivity contribution is -0.168. The molecule has 0 saturated carbocycles. The van der Waals surface area contributed by atoms with Gasteiger partial charge in [0.05, 0.1) is 0 Å². The van der Waals surface area contributed by atoms with Gasteiger partial charge in [-0.05, 0) is 23.3 Å². The normalized spacial score (nSPS) is 18.9. The molecule has 3 aromatic rings.